The van der Waals surface area contributed by atoms with E-state index in [0.29, 0.717) is 0 Å². The summed E-state index contributed by atoms with van der Waals surface area (Å²) in [7, 11) is 5.27. The smallest absolute Gasteiger partial charge is 0.254 e. The van der Waals surface area contributed by atoms with Gasteiger partial charge >= 0.3 is 0 Å². The Hall–Kier alpha value is -1.71. The lowest BCUT2D eigenvalue weighted by Crippen LogP contribution is -2.18. The molecule has 14 heavy (non-hydrogen) atoms. The van der Waals surface area contributed by atoms with Gasteiger partial charge in [0.2, 0.25) is 0 Å². The summed E-state index contributed by atoms with van der Waals surface area (Å²) >= 11 is 0. The number of rotatable bonds is 2. The second kappa shape index (κ2) is 4.00. The van der Waals surface area contributed by atoms with E-state index in [0.717, 1.165) is 5.69 Å². The molecule has 1 aromatic rings. The van der Waals surface area contributed by atoms with Gasteiger partial charge in [0.1, 0.15) is 5.75 Å². The molecule has 0 bridgehead atoms. The van der Waals surface area contributed by atoms with E-state index < -0.39 is 0 Å². The van der Waals surface area contributed by atoms with Crippen LogP contribution >= 0.6 is 0 Å². The van der Waals surface area contributed by atoms with Gasteiger partial charge in [-0.2, -0.15) is 0 Å². The van der Waals surface area contributed by atoms with Crippen LogP contribution in [0.25, 0.3) is 0 Å². The van der Waals surface area contributed by atoms with E-state index in [1.807, 2.05) is 19.0 Å². The number of anilines is 1. The highest BCUT2D eigenvalue weighted by Crippen LogP contribution is 2.23. The van der Waals surface area contributed by atoms with Crippen molar-refractivity contribution >= 4 is 11.6 Å². The van der Waals surface area contributed by atoms with Crippen molar-refractivity contribution in [2.24, 2.45) is 0 Å². The van der Waals surface area contributed by atoms with Crippen molar-refractivity contribution in [2.75, 3.05) is 26.0 Å². The van der Waals surface area contributed by atoms with Crippen molar-refractivity contribution in [2.45, 2.75) is 0 Å². The highest BCUT2D eigenvalue weighted by Gasteiger charge is 2.09. The van der Waals surface area contributed by atoms with Crippen LogP contribution < -0.4 is 10.2 Å². The van der Waals surface area contributed by atoms with Crippen LogP contribution in [-0.4, -0.2) is 32.2 Å². The third kappa shape index (κ3) is 1.96. The fourth-order valence-corrected chi connectivity index (χ4v) is 1.12. The molecule has 0 spiro atoms. The molecule has 0 aliphatic rings. The molecule has 4 heteroatoms. The molecule has 0 saturated heterocycles. The van der Waals surface area contributed by atoms with E-state index in [2.05, 4.69) is 5.32 Å². The predicted molar refractivity (Wildman–Crippen MR) is 55.8 cm³/mol. The van der Waals surface area contributed by atoms with Gasteiger partial charge < -0.3 is 15.3 Å². The van der Waals surface area contributed by atoms with Crippen molar-refractivity contribution < 1.29 is 9.90 Å². The van der Waals surface area contributed by atoms with E-state index in [1.54, 1.807) is 18.2 Å². The van der Waals surface area contributed by atoms with Crippen LogP contribution in [0.4, 0.5) is 5.69 Å². The maximum atomic E-state index is 11.2. The van der Waals surface area contributed by atoms with E-state index in [-0.39, 0.29) is 17.2 Å². The fraction of sp³-hybridized carbons (Fsp3) is 0.300. The normalized spacial score (nSPS) is 9.64. The van der Waals surface area contributed by atoms with Crippen LogP contribution in [-0.2, 0) is 0 Å². The molecule has 0 aliphatic carbocycles. The second-order valence-electron chi connectivity index (χ2n) is 3.18. The summed E-state index contributed by atoms with van der Waals surface area (Å²) in [6, 6.07) is 4.94. The van der Waals surface area contributed by atoms with Gasteiger partial charge in [-0.1, -0.05) is 0 Å². The zero-order valence-electron chi connectivity index (χ0n) is 8.53. The third-order valence-corrected chi connectivity index (χ3v) is 1.97. The largest absolute Gasteiger partial charge is 0.507 e. The molecule has 0 saturated carbocycles. The molecule has 1 aromatic carbocycles. The molecule has 0 aliphatic heterocycles. The van der Waals surface area contributed by atoms with Gasteiger partial charge in [0.25, 0.3) is 5.91 Å². The minimum absolute atomic E-state index is 0.00412. The van der Waals surface area contributed by atoms with Crippen molar-refractivity contribution in [1.82, 2.24) is 5.32 Å². The fourth-order valence-electron chi connectivity index (χ4n) is 1.12. The molecule has 4 nitrogen and oxygen atoms in total. The number of phenols is 1. The topological polar surface area (TPSA) is 52.6 Å². The van der Waals surface area contributed by atoms with E-state index >= 15 is 0 Å². The molecule has 1 amide bonds. The van der Waals surface area contributed by atoms with Gasteiger partial charge in [-0.15, -0.1) is 0 Å². The van der Waals surface area contributed by atoms with Crippen LogP contribution in [0.3, 0.4) is 0 Å². The first kappa shape index (κ1) is 10.4. The van der Waals surface area contributed by atoms with Crippen molar-refractivity contribution in [3.63, 3.8) is 0 Å². The summed E-state index contributed by atoms with van der Waals surface area (Å²) < 4.78 is 0. The zero-order valence-corrected chi connectivity index (χ0v) is 8.53. The number of hydrogen-bond donors (Lipinski definition) is 2. The van der Waals surface area contributed by atoms with Crippen LogP contribution in [0.1, 0.15) is 10.4 Å². The molecule has 0 aromatic heterocycles. The molecule has 0 atom stereocenters. The standard InChI is InChI=1S/C10H14N2O2/c1-11-10(14)8-5-4-7(12(2)3)6-9(8)13/h4-6,13H,1-3H3,(H,11,14). The first-order valence-electron chi connectivity index (χ1n) is 4.28. The van der Waals surface area contributed by atoms with Crippen LogP contribution in [0.5, 0.6) is 5.75 Å². The molecule has 2 N–H and O–H groups in total. The van der Waals surface area contributed by atoms with E-state index in [4.69, 9.17) is 0 Å². The SMILES string of the molecule is CNC(=O)c1ccc(N(C)C)cc1O. The first-order valence-corrected chi connectivity index (χ1v) is 4.28. The summed E-state index contributed by atoms with van der Waals surface area (Å²) in [5.74, 6) is -0.289. The van der Waals surface area contributed by atoms with Crippen molar-refractivity contribution in [3.05, 3.63) is 23.8 Å². The van der Waals surface area contributed by atoms with Gasteiger partial charge in [0.05, 0.1) is 5.56 Å². The number of hydrogen-bond acceptors (Lipinski definition) is 3. The van der Waals surface area contributed by atoms with Gasteiger partial charge in [0.15, 0.2) is 0 Å². The summed E-state index contributed by atoms with van der Waals surface area (Å²) in [5.41, 5.74) is 1.15. The highest BCUT2D eigenvalue weighted by atomic mass is 16.3. The van der Waals surface area contributed by atoms with Gasteiger partial charge in [-0.05, 0) is 12.1 Å². The number of benzene rings is 1. The molecule has 1 rings (SSSR count). The Kier molecular flexibility index (Phi) is 2.96. The zero-order chi connectivity index (χ0) is 10.7. The van der Waals surface area contributed by atoms with Crippen molar-refractivity contribution in [3.8, 4) is 5.75 Å². The average molecular weight is 194 g/mol. The predicted octanol–water partition coefficient (Wildman–Crippen LogP) is 0.818. The molecule has 76 valence electrons. The quantitative estimate of drug-likeness (QED) is 0.732. The number of carbonyl (C=O) groups is 1. The number of aromatic hydroxyl groups is 1. The van der Waals surface area contributed by atoms with Crippen LogP contribution in [0.2, 0.25) is 0 Å². The summed E-state index contributed by atoms with van der Waals surface area (Å²) in [6.07, 6.45) is 0. The van der Waals surface area contributed by atoms with Gasteiger partial charge in [0, 0.05) is 32.9 Å². The Morgan fingerprint density at radius 1 is 1.43 bits per heavy atom. The Morgan fingerprint density at radius 2 is 2.07 bits per heavy atom. The molecular weight excluding hydrogens is 180 g/mol. The van der Waals surface area contributed by atoms with Gasteiger partial charge in [-0.3, -0.25) is 4.79 Å². The molecular formula is C10H14N2O2. The molecule has 0 fully saturated rings. The number of nitrogens with one attached hydrogen (secondary N) is 1. The van der Waals surface area contributed by atoms with Gasteiger partial charge in [-0.25, -0.2) is 0 Å². The highest BCUT2D eigenvalue weighted by molar-refractivity contribution is 5.97. The lowest BCUT2D eigenvalue weighted by molar-refractivity contribution is 0.0960. The number of nitrogens with zero attached hydrogens (tertiary/aromatic N) is 1. The lowest BCUT2D eigenvalue weighted by Gasteiger charge is -2.13. The molecule has 0 heterocycles. The summed E-state index contributed by atoms with van der Waals surface area (Å²) in [4.78, 5) is 13.1. The summed E-state index contributed by atoms with van der Waals surface area (Å²) in [6.45, 7) is 0. The van der Waals surface area contributed by atoms with Crippen LogP contribution in [0.15, 0.2) is 18.2 Å². The monoisotopic (exact) mass is 194 g/mol. The Balaban J connectivity index is 3.07. The maximum Gasteiger partial charge on any atom is 0.254 e. The van der Waals surface area contributed by atoms with Crippen LogP contribution in [0, 0.1) is 0 Å². The third-order valence-electron chi connectivity index (χ3n) is 1.97. The lowest BCUT2D eigenvalue weighted by atomic mass is 10.1. The number of amides is 1. The minimum Gasteiger partial charge on any atom is -0.507 e. The molecule has 0 radical (unpaired) electrons. The number of phenolic OH excluding ortho intramolecular Hbond substituents is 1. The van der Waals surface area contributed by atoms with E-state index in [1.165, 1.54) is 7.05 Å². The van der Waals surface area contributed by atoms with Crippen molar-refractivity contribution in [1.29, 1.82) is 0 Å². The number of carbonyl (C=O) groups excluding carboxylic acids is 1. The summed E-state index contributed by atoms with van der Waals surface area (Å²) in [5, 5.41) is 12.0. The first-order chi connectivity index (χ1) is 6.56. The minimum atomic E-state index is -0.284. The Labute approximate surface area is 83.2 Å². The Morgan fingerprint density at radius 3 is 2.50 bits per heavy atom. The Bertz CT molecular complexity index is 348. The maximum absolute atomic E-state index is 11.2. The second-order valence-corrected chi connectivity index (χ2v) is 3.18. The average Bonchev–Trinajstić information content (AvgIpc) is 2.16. The van der Waals surface area contributed by atoms with E-state index in [9.17, 15) is 9.90 Å². The molecule has 0 unspecified atom stereocenters.